The number of hydrogen-bond donors (Lipinski definition) is 1. The van der Waals surface area contributed by atoms with Crippen LogP contribution >= 0.6 is 22.9 Å². The number of hydrogen-bond acceptors (Lipinski definition) is 4. The number of pyridine rings is 1. The molecule has 2 aromatic heterocycles. The van der Waals surface area contributed by atoms with Crippen molar-refractivity contribution in [2.45, 2.75) is 6.54 Å². The normalized spacial score (nSPS) is 10.6. The molecule has 0 aliphatic heterocycles. The highest BCUT2D eigenvalue weighted by Crippen LogP contribution is 2.24. The number of aromatic nitrogens is 2. The predicted molar refractivity (Wildman–Crippen MR) is 84.1 cm³/mol. The lowest BCUT2D eigenvalue weighted by Gasteiger charge is -2.03. The van der Waals surface area contributed by atoms with Gasteiger partial charge in [0.05, 0.1) is 12.2 Å². The fourth-order valence-electron chi connectivity index (χ4n) is 1.80. The third-order valence-corrected chi connectivity index (χ3v) is 3.96. The summed E-state index contributed by atoms with van der Waals surface area (Å²) >= 11 is 7.35. The lowest BCUT2D eigenvalue weighted by Crippen LogP contribution is -2.01. The van der Waals surface area contributed by atoms with Gasteiger partial charge in [-0.25, -0.2) is 14.4 Å². The monoisotopic (exact) mass is 319 g/mol. The summed E-state index contributed by atoms with van der Waals surface area (Å²) in [6, 6.07) is 11.7. The van der Waals surface area contributed by atoms with Crippen molar-refractivity contribution in [3.63, 3.8) is 0 Å². The van der Waals surface area contributed by atoms with Gasteiger partial charge in [-0.2, -0.15) is 0 Å². The second-order valence-electron chi connectivity index (χ2n) is 4.35. The summed E-state index contributed by atoms with van der Waals surface area (Å²) in [6.07, 6.45) is 0. The molecule has 0 aliphatic carbocycles. The summed E-state index contributed by atoms with van der Waals surface area (Å²) in [6.45, 7) is 0.561. The lowest BCUT2D eigenvalue weighted by atomic mass is 10.2. The number of halogens is 2. The van der Waals surface area contributed by atoms with E-state index in [1.54, 1.807) is 18.2 Å². The zero-order valence-electron chi connectivity index (χ0n) is 10.9. The van der Waals surface area contributed by atoms with Gasteiger partial charge in [0, 0.05) is 10.9 Å². The van der Waals surface area contributed by atoms with Gasteiger partial charge < -0.3 is 5.32 Å². The molecule has 21 heavy (non-hydrogen) atoms. The highest BCUT2D eigenvalue weighted by atomic mass is 35.5. The lowest BCUT2D eigenvalue weighted by molar-refractivity contribution is 0.628. The Kier molecular flexibility index (Phi) is 4.13. The Morgan fingerprint density at radius 2 is 1.90 bits per heavy atom. The van der Waals surface area contributed by atoms with Crippen LogP contribution in [0.3, 0.4) is 0 Å². The molecular weight excluding hydrogens is 309 g/mol. The van der Waals surface area contributed by atoms with Gasteiger partial charge in [-0.15, -0.1) is 11.3 Å². The molecule has 106 valence electrons. The number of benzene rings is 1. The Morgan fingerprint density at radius 3 is 2.67 bits per heavy atom. The van der Waals surface area contributed by atoms with Gasteiger partial charge in [-0.05, 0) is 36.4 Å². The van der Waals surface area contributed by atoms with E-state index in [4.69, 9.17) is 11.6 Å². The molecule has 1 N–H and O–H groups in total. The molecule has 0 fully saturated rings. The van der Waals surface area contributed by atoms with Crippen molar-refractivity contribution < 1.29 is 4.39 Å². The number of anilines is 1. The SMILES string of the molecule is Fc1ccc(-c2nc(CNc3cccc(Cl)n3)cs2)cc1. The number of thiazole rings is 1. The Morgan fingerprint density at radius 1 is 1.10 bits per heavy atom. The Hall–Kier alpha value is -1.98. The van der Waals surface area contributed by atoms with Crippen LogP contribution in [0.1, 0.15) is 5.69 Å². The van der Waals surface area contributed by atoms with Gasteiger partial charge in [0.1, 0.15) is 21.8 Å². The van der Waals surface area contributed by atoms with Gasteiger partial charge in [-0.3, -0.25) is 0 Å². The molecular formula is C15H11ClFN3S. The molecule has 6 heteroatoms. The minimum absolute atomic E-state index is 0.246. The molecule has 2 heterocycles. The number of nitrogens with zero attached hydrogens (tertiary/aromatic N) is 2. The first kappa shape index (κ1) is 14.0. The van der Waals surface area contributed by atoms with Crippen molar-refractivity contribution in [1.82, 2.24) is 9.97 Å². The van der Waals surface area contributed by atoms with Crippen LogP contribution in [0.25, 0.3) is 10.6 Å². The minimum Gasteiger partial charge on any atom is -0.364 e. The van der Waals surface area contributed by atoms with Crippen LogP contribution in [0.5, 0.6) is 0 Å². The van der Waals surface area contributed by atoms with Crippen molar-refractivity contribution in [3.8, 4) is 10.6 Å². The standard InChI is InChI=1S/C15H11ClFN3S/c16-13-2-1-3-14(20-13)18-8-12-9-21-15(19-12)10-4-6-11(17)7-5-10/h1-7,9H,8H2,(H,18,20). The van der Waals surface area contributed by atoms with E-state index in [0.29, 0.717) is 17.5 Å². The smallest absolute Gasteiger partial charge is 0.131 e. The van der Waals surface area contributed by atoms with E-state index >= 15 is 0 Å². The highest BCUT2D eigenvalue weighted by molar-refractivity contribution is 7.13. The van der Waals surface area contributed by atoms with Crippen LogP contribution in [0.4, 0.5) is 10.2 Å². The maximum absolute atomic E-state index is 12.9. The Bertz CT molecular complexity index is 743. The van der Waals surface area contributed by atoms with Gasteiger partial charge in [0.25, 0.3) is 0 Å². The second kappa shape index (κ2) is 6.20. The molecule has 0 spiro atoms. The highest BCUT2D eigenvalue weighted by Gasteiger charge is 2.05. The minimum atomic E-state index is -0.246. The summed E-state index contributed by atoms with van der Waals surface area (Å²) in [5.74, 6) is 0.461. The third-order valence-electron chi connectivity index (χ3n) is 2.81. The van der Waals surface area contributed by atoms with Crippen LogP contribution in [0.2, 0.25) is 5.15 Å². The van der Waals surface area contributed by atoms with Crippen LogP contribution in [0.15, 0.2) is 47.8 Å². The van der Waals surface area contributed by atoms with E-state index in [2.05, 4.69) is 15.3 Å². The first-order valence-electron chi connectivity index (χ1n) is 6.27. The molecule has 1 aromatic carbocycles. The van der Waals surface area contributed by atoms with Crippen LogP contribution in [-0.2, 0) is 6.54 Å². The summed E-state index contributed by atoms with van der Waals surface area (Å²) in [5, 5.41) is 6.45. The number of rotatable bonds is 4. The molecule has 3 nitrogen and oxygen atoms in total. The maximum atomic E-state index is 12.9. The summed E-state index contributed by atoms with van der Waals surface area (Å²) in [7, 11) is 0. The zero-order chi connectivity index (χ0) is 14.7. The summed E-state index contributed by atoms with van der Waals surface area (Å²) in [4.78, 5) is 8.67. The van der Waals surface area contributed by atoms with Gasteiger partial charge >= 0.3 is 0 Å². The van der Waals surface area contributed by atoms with Crippen molar-refractivity contribution in [2.75, 3.05) is 5.32 Å². The van der Waals surface area contributed by atoms with E-state index in [1.165, 1.54) is 23.5 Å². The first-order chi connectivity index (χ1) is 10.2. The zero-order valence-corrected chi connectivity index (χ0v) is 12.5. The quantitative estimate of drug-likeness (QED) is 0.714. The molecule has 0 saturated carbocycles. The first-order valence-corrected chi connectivity index (χ1v) is 7.53. The van der Waals surface area contributed by atoms with E-state index in [0.717, 1.165) is 16.3 Å². The molecule has 0 unspecified atom stereocenters. The average molecular weight is 320 g/mol. The van der Waals surface area contributed by atoms with Gasteiger partial charge in [0.2, 0.25) is 0 Å². The van der Waals surface area contributed by atoms with Crippen LogP contribution in [-0.4, -0.2) is 9.97 Å². The molecule has 0 aliphatic rings. The summed E-state index contributed by atoms with van der Waals surface area (Å²) < 4.78 is 12.9. The maximum Gasteiger partial charge on any atom is 0.131 e. The third kappa shape index (κ3) is 3.56. The number of nitrogens with one attached hydrogen (secondary N) is 1. The van der Waals surface area contributed by atoms with Crippen LogP contribution < -0.4 is 5.32 Å². The van der Waals surface area contributed by atoms with Crippen LogP contribution in [0, 0.1) is 5.82 Å². The molecule has 0 saturated heterocycles. The van der Waals surface area contributed by atoms with E-state index in [9.17, 15) is 4.39 Å². The molecule has 0 amide bonds. The Labute approximate surface area is 130 Å². The second-order valence-corrected chi connectivity index (χ2v) is 5.60. The molecule has 0 radical (unpaired) electrons. The van der Waals surface area contributed by atoms with E-state index < -0.39 is 0 Å². The summed E-state index contributed by atoms with van der Waals surface area (Å²) in [5.41, 5.74) is 1.81. The van der Waals surface area contributed by atoms with Crippen molar-refractivity contribution in [3.05, 3.63) is 64.5 Å². The molecule has 3 rings (SSSR count). The average Bonchev–Trinajstić information content (AvgIpc) is 2.95. The van der Waals surface area contributed by atoms with E-state index in [1.807, 2.05) is 17.5 Å². The molecule has 0 atom stereocenters. The van der Waals surface area contributed by atoms with Gasteiger partial charge in [0.15, 0.2) is 0 Å². The fraction of sp³-hybridized carbons (Fsp3) is 0.0667. The molecule has 0 bridgehead atoms. The van der Waals surface area contributed by atoms with Crippen molar-refractivity contribution in [2.24, 2.45) is 0 Å². The Balaban J connectivity index is 1.69. The van der Waals surface area contributed by atoms with Gasteiger partial charge in [-0.1, -0.05) is 17.7 Å². The predicted octanol–water partition coefficient (Wildman–Crippen LogP) is 4.61. The van der Waals surface area contributed by atoms with Crippen molar-refractivity contribution >= 4 is 28.8 Å². The largest absolute Gasteiger partial charge is 0.364 e. The topological polar surface area (TPSA) is 37.8 Å². The van der Waals surface area contributed by atoms with Crippen molar-refractivity contribution in [1.29, 1.82) is 0 Å². The fourth-order valence-corrected chi connectivity index (χ4v) is 2.79. The van der Waals surface area contributed by atoms with E-state index in [-0.39, 0.29) is 5.82 Å². The molecule has 3 aromatic rings.